The van der Waals surface area contributed by atoms with E-state index in [1.807, 2.05) is 6.92 Å². The number of non-ortho nitro benzene ring substituents is 1. The van der Waals surface area contributed by atoms with E-state index in [0.717, 1.165) is 17.8 Å². The number of esters is 1. The van der Waals surface area contributed by atoms with E-state index in [2.05, 4.69) is 10.6 Å². The molecule has 0 saturated heterocycles. The molecule has 0 aliphatic rings. The quantitative estimate of drug-likeness (QED) is 0.414. The van der Waals surface area contributed by atoms with Gasteiger partial charge in [0.1, 0.15) is 5.00 Å². The van der Waals surface area contributed by atoms with Crippen LogP contribution in [0.15, 0.2) is 24.3 Å². The third kappa shape index (κ3) is 4.52. The molecule has 0 bridgehead atoms. The fourth-order valence-corrected chi connectivity index (χ4v) is 3.50. The molecule has 10 heteroatoms. The highest BCUT2D eigenvalue weighted by Crippen LogP contribution is 2.34. The predicted octanol–water partition coefficient (Wildman–Crippen LogP) is 3.14. The van der Waals surface area contributed by atoms with E-state index in [-0.39, 0.29) is 27.7 Å². The van der Waals surface area contributed by atoms with Gasteiger partial charge in [-0.25, -0.2) is 4.79 Å². The molecule has 148 valence electrons. The maximum absolute atomic E-state index is 12.5. The number of benzene rings is 1. The Morgan fingerprint density at radius 1 is 1.18 bits per heavy atom. The first-order valence-electron chi connectivity index (χ1n) is 8.35. The Hall–Kier alpha value is -3.27. The van der Waals surface area contributed by atoms with Gasteiger partial charge >= 0.3 is 5.97 Å². The largest absolute Gasteiger partial charge is 0.465 e. The van der Waals surface area contributed by atoms with Crippen molar-refractivity contribution < 1.29 is 24.0 Å². The van der Waals surface area contributed by atoms with Gasteiger partial charge in [-0.2, -0.15) is 0 Å². The molecule has 0 spiro atoms. The number of carbonyl (C=O) groups excluding carboxylic acids is 3. The summed E-state index contributed by atoms with van der Waals surface area (Å²) < 4.78 is 4.77. The lowest BCUT2D eigenvalue weighted by Gasteiger charge is -2.06. The standard InChI is InChI=1S/C18H19N3O6S/c1-4-9-19-16(23)14-10(2)13(18(24)27-3)17(28-14)20-15(22)11-5-7-12(8-6-11)21(25)26/h5-8H,4,9H2,1-3H3,(H,19,23)(H,20,22). The van der Waals surface area contributed by atoms with Crippen LogP contribution in [0.2, 0.25) is 0 Å². The average molecular weight is 405 g/mol. The molecule has 2 N–H and O–H groups in total. The molecule has 0 fully saturated rings. The SMILES string of the molecule is CCCNC(=O)c1sc(NC(=O)c2ccc([N+](=O)[O-])cc2)c(C(=O)OC)c1C. The normalized spacial score (nSPS) is 10.2. The van der Waals surface area contributed by atoms with E-state index in [4.69, 9.17) is 4.74 Å². The Balaban J connectivity index is 2.35. The number of anilines is 1. The van der Waals surface area contributed by atoms with Crippen molar-refractivity contribution in [3.63, 3.8) is 0 Å². The smallest absolute Gasteiger partial charge is 0.341 e. The number of carbonyl (C=O) groups is 3. The molecule has 2 rings (SSSR count). The number of hydrogen-bond acceptors (Lipinski definition) is 7. The van der Waals surface area contributed by atoms with E-state index >= 15 is 0 Å². The van der Waals surface area contributed by atoms with Crippen molar-refractivity contribution in [2.24, 2.45) is 0 Å². The van der Waals surface area contributed by atoms with E-state index in [1.165, 1.54) is 31.4 Å². The number of nitrogens with zero attached hydrogens (tertiary/aromatic N) is 1. The Kier molecular flexibility index (Phi) is 6.83. The van der Waals surface area contributed by atoms with Crippen LogP contribution in [-0.4, -0.2) is 36.4 Å². The summed E-state index contributed by atoms with van der Waals surface area (Å²) >= 11 is 0.966. The summed E-state index contributed by atoms with van der Waals surface area (Å²) in [4.78, 5) is 47.4. The third-order valence-electron chi connectivity index (χ3n) is 3.85. The summed E-state index contributed by atoms with van der Waals surface area (Å²) in [6.07, 6.45) is 0.754. The molecule has 0 radical (unpaired) electrons. The van der Waals surface area contributed by atoms with Gasteiger partial charge in [0.15, 0.2) is 0 Å². The highest BCUT2D eigenvalue weighted by atomic mass is 32.1. The summed E-state index contributed by atoms with van der Waals surface area (Å²) in [7, 11) is 1.21. The summed E-state index contributed by atoms with van der Waals surface area (Å²) in [5, 5.41) is 16.2. The zero-order valence-corrected chi connectivity index (χ0v) is 16.3. The molecule has 28 heavy (non-hydrogen) atoms. The number of methoxy groups -OCH3 is 1. The van der Waals surface area contributed by atoms with E-state index in [0.29, 0.717) is 17.0 Å². The Morgan fingerprint density at radius 2 is 1.82 bits per heavy atom. The molecule has 0 atom stereocenters. The van der Waals surface area contributed by atoms with Gasteiger partial charge in [0, 0.05) is 24.2 Å². The number of amides is 2. The van der Waals surface area contributed by atoms with Gasteiger partial charge in [0.2, 0.25) is 0 Å². The van der Waals surface area contributed by atoms with Gasteiger partial charge in [0.25, 0.3) is 17.5 Å². The Labute approximate surface area is 164 Å². The van der Waals surface area contributed by atoms with Crippen LogP contribution in [0, 0.1) is 17.0 Å². The highest BCUT2D eigenvalue weighted by Gasteiger charge is 2.26. The maximum atomic E-state index is 12.5. The number of nitro benzene ring substituents is 1. The van der Waals surface area contributed by atoms with Crippen LogP contribution in [-0.2, 0) is 4.74 Å². The Bertz CT molecular complexity index is 920. The first-order valence-corrected chi connectivity index (χ1v) is 9.17. The van der Waals surface area contributed by atoms with Crippen LogP contribution in [0.5, 0.6) is 0 Å². The maximum Gasteiger partial charge on any atom is 0.341 e. The van der Waals surface area contributed by atoms with E-state index < -0.39 is 16.8 Å². The summed E-state index contributed by atoms with van der Waals surface area (Å²) in [5.74, 6) is -1.59. The number of ether oxygens (including phenoxy) is 1. The van der Waals surface area contributed by atoms with Crippen molar-refractivity contribution in [2.75, 3.05) is 19.0 Å². The second-order valence-electron chi connectivity index (χ2n) is 5.77. The summed E-state index contributed by atoms with van der Waals surface area (Å²) in [6.45, 7) is 4.00. The first kappa shape index (κ1) is 21.0. The van der Waals surface area contributed by atoms with Crippen molar-refractivity contribution in [1.82, 2.24) is 5.32 Å². The number of rotatable bonds is 7. The summed E-state index contributed by atoms with van der Waals surface area (Å²) in [6, 6.07) is 5.03. The van der Waals surface area contributed by atoms with Gasteiger partial charge in [-0.1, -0.05) is 6.92 Å². The molecule has 9 nitrogen and oxygen atoms in total. The molecule has 1 aromatic carbocycles. The average Bonchev–Trinajstić information content (AvgIpc) is 3.01. The molecule has 0 aliphatic carbocycles. The number of nitrogens with one attached hydrogen (secondary N) is 2. The fraction of sp³-hybridized carbons (Fsp3) is 0.278. The number of thiophene rings is 1. The molecule has 0 unspecified atom stereocenters. The van der Waals surface area contributed by atoms with Crippen molar-refractivity contribution in [1.29, 1.82) is 0 Å². The molecular weight excluding hydrogens is 386 g/mol. The second-order valence-corrected chi connectivity index (χ2v) is 6.79. The van der Waals surface area contributed by atoms with E-state index in [9.17, 15) is 24.5 Å². The van der Waals surface area contributed by atoms with Gasteiger partial charge in [-0.15, -0.1) is 11.3 Å². The van der Waals surface area contributed by atoms with Crippen molar-refractivity contribution in [3.8, 4) is 0 Å². The van der Waals surface area contributed by atoms with Crippen LogP contribution in [0.1, 0.15) is 49.3 Å². The summed E-state index contributed by atoms with van der Waals surface area (Å²) in [5.41, 5.74) is 0.534. The minimum absolute atomic E-state index is 0.101. The molecule has 2 amide bonds. The van der Waals surface area contributed by atoms with Gasteiger partial charge in [0.05, 0.1) is 22.5 Å². The predicted molar refractivity (Wildman–Crippen MR) is 104 cm³/mol. The van der Waals surface area contributed by atoms with Gasteiger partial charge in [-0.05, 0) is 31.0 Å². The molecule has 1 aromatic heterocycles. The van der Waals surface area contributed by atoms with Gasteiger partial charge in [-0.3, -0.25) is 19.7 Å². The van der Waals surface area contributed by atoms with Crippen molar-refractivity contribution in [3.05, 3.63) is 55.9 Å². The highest BCUT2D eigenvalue weighted by molar-refractivity contribution is 7.18. The fourth-order valence-electron chi connectivity index (χ4n) is 2.39. The van der Waals surface area contributed by atoms with Crippen molar-refractivity contribution in [2.45, 2.75) is 20.3 Å². The zero-order chi connectivity index (χ0) is 20.8. The minimum Gasteiger partial charge on any atom is -0.465 e. The topological polar surface area (TPSA) is 128 Å². The molecular formula is C18H19N3O6S. The lowest BCUT2D eigenvalue weighted by molar-refractivity contribution is -0.384. The van der Waals surface area contributed by atoms with Crippen LogP contribution in [0.4, 0.5) is 10.7 Å². The molecule has 0 aliphatic heterocycles. The van der Waals surface area contributed by atoms with Crippen LogP contribution in [0.3, 0.4) is 0 Å². The number of hydrogen-bond donors (Lipinski definition) is 2. The molecule has 2 aromatic rings. The second kappa shape index (κ2) is 9.09. The minimum atomic E-state index is -0.678. The zero-order valence-electron chi connectivity index (χ0n) is 15.5. The first-order chi connectivity index (χ1) is 13.3. The van der Waals surface area contributed by atoms with Crippen LogP contribution < -0.4 is 10.6 Å². The van der Waals surface area contributed by atoms with E-state index in [1.54, 1.807) is 6.92 Å². The molecule has 0 saturated carbocycles. The monoisotopic (exact) mass is 405 g/mol. The molecule has 1 heterocycles. The Morgan fingerprint density at radius 3 is 2.36 bits per heavy atom. The lowest BCUT2D eigenvalue weighted by atomic mass is 10.1. The third-order valence-corrected chi connectivity index (χ3v) is 5.05. The van der Waals surface area contributed by atoms with Crippen LogP contribution >= 0.6 is 11.3 Å². The lowest BCUT2D eigenvalue weighted by Crippen LogP contribution is -2.23. The van der Waals surface area contributed by atoms with Gasteiger partial charge < -0.3 is 15.4 Å². The van der Waals surface area contributed by atoms with Crippen molar-refractivity contribution >= 4 is 39.8 Å². The van der Waals surface area contributed by atoms with Crippen LogP contribution in [0.25, 0.3) is 0 Å². The number of nitro groups is 1.